The minimum absolute atomic E-state index is 0. The van der Waals surface area contributed by atoms with E-state index < -0.39 is 5.97 Å². The Morgan fingerprint density at radius 3 is 2.65 bits per heavy atom. The normalized spacial score (nSPS) is 9.50. The number of benzene rings is 1. The second-order valence-corrected chi connectivity index (χ2v) is 4.31. The van der Waals surface area contributed by atoms with Crippen molar-refractivity contribution in [3.63, 3.8) is 0 Å². The highest BCUT2D eigenvalue weighted by Crippen LogP contribution is 2.15. The Hall–Kier alpha value is -1.78. The van der Waals surface area contributed by atoms with Crippen LogP contribution in [0.25, 0.3) is 0 Å². The lowest BCUT2D eigenvalue weighted by Crippen LogP contribution is -2.09. The smallest absolute Gasteiger partial charge is 0.341 e. The lowest BCUT2D eigenvalue weighted by atomic mass is 10.2. The van der Waals surface area contributed by atoms with Crippen molar-refractivity contribution in [1.82, 2.24) is 4.98 Å². The fourth-order valence-corrected chi connectivity index (χ4v) is 1.73. The number of nitrogens with zero attached hydrogens (tertiary/aromatic N) is 1. The maximum absolute atomic E-state index is 11.6. The number of methoxy groups -OCH3 is 1. The molecule has 2 aromatic rings. The molecular weight excluding hydrogens is 299 g/mol. The quantitative estimate of drug-likeness (QED) is 0.877. The second-order valence-electron chi connectivity index (χ2n) is 3.87. The van der Waals surface area contributed by atoms with E-state index in [1.807, 2.05) is 24.3 Å². The van der Waals surface area contributed by atoms with Gasteiger partial charge >= 0.3 is 5.97 Å². The zero-order chi connectivity index (χ0) is 13.7. The first-order chi connectivity index (χ1) is 9.20. The topological polar surface area (TPSA) is 51.2 Å². The molecule has 20 heavy (non-hydrogen) atoms. The highest BCUT2D eigenvalue weighted by Gasteiger charge is 2.11. The molecule has 6 heteroatoms. The third-order valence-electron chi connectivity index (χ3n) is 2.59. The van der Waals surface area contributed by atoms with Crippen LogP contribution >= 0.6 is 24.0 Å². The molecule has 0 aliphatic heterocycles. The monoisotopic (exact) mass is 312 g/mol. The largest absolute Gasteiger partial charge is 0.465 e. The van der Waals surface area contributed by atoms with Gasteiger partial charge in [-0.05, 0) is 29.8 Å². The number of halogens is 2. The zero-order valence-electron chi connectivity index (χ0n) is 10.8. The summed E-state index contributed by atoms with van der Waals surface area (Å²) in [7, 11) is 1.35. The van der Waals surface area contributed by atoms with E-state index in [0.29, 0.717) is 22.9 Å². The van der Waals surface area contributed by atoms with Crippen LogP contribution in [-0.4, -0.2) is 18.1 Å². The molecule has 0 saturated carbocycles. The average molecular weight is 313 g/mol. The molecule has 1 aromatic carbocycles. The van der Waals surface area contributed by atoms with Crippen molar-refractivity contribution < 1.29 is 9.53 Å². The Morgan fingerprint density at radius 2 is 2.00 bits per heavy atom. The van der Waals surface area contributed by atoms with E-state index in [9.17, 15) is 4.79 Å². The van der Waals surface area contributed by atoms with Crippen LogP contribution in [0.4, 0.5) is 5.82 Å². The summed E-state index contributed by atoms with van der Waals surface area (Å²) in [6.07, 6.45) is 1.62. The van der Waals surface area contributed by atoms with Gasteiger partial charge in [-0.25, -0.2) is 9.78 Å². The minimum Gasteiger partial charge on any atom is -0.465 e. The Kier molecular flexibility index (Phi) is 6.28. The summed E-state index contributed by atoms with van der Waals surface area (Å²) in [5.74, 6) is 0.0935. The van der Waals surface area contributed by atoms with Crippen LogP contribution < -0.4 is 5.32 Å². The van der Waals surface area contributed by atoms with E-state index in [4.69, 9.17) is 16.3 Å². The third kappa shape index (κ3) is 4.11. The number of anilines is 1. The van der Waals surface area contributed by atoms with Crippen LogP contribution in [0.2, 0.25) is 5.02 Å². The summed E-state index contributed by atoms with van der Waals surface area (Å²) in [6.45, 7) is 0.554. The molecule has 1 aromatic heterocycles. The molecule has 0 unspecified atom stereocenters. The first-order valence-corrected chi connectivity index (χ1v) is 6.10. The number of nitrogens with one attached hydrogen (secondary N) is 1. The lowest BCUT2D eigenvalue weighted by Gasteiger charge is -2.09. The molecule has 0 saturated heterocycles. The van der Waals surface area contributed by atoms with Gasteiger partial charge in [0.05, 0.1) is 7.11 Å². The summed E-state index contributed by atoms with van der Waals surface area (Å²) in [5.41, 5.74) is 1.46. The zero-order valence-corrected chi connectivity index (χ0v) is 12.4. The molecule has 1 N–H and O–H groups in total. The fraction of sp³-hybridized carbons (Fsp3) is 0.143. The number of hydrogen-bond donors (Lipinski definition) is 1. The molecule has 0 amide bonds. The number of pyridine rings is 1. The summed E-state index contributed by atoms with van der Waals surface area (Å²) >= 11 is 5.82. The van der Waals surface area contributed by atoms with E-state index >= 15 is 0 Å². The van der Waals surface area contributed by atoms with Crippen molar-refractivity contribution in [1.29, 1.82) is 0 Å². The summed E-state index contributed by atoms with van der Waals surface area (Å²) in [4.78, 5) is 15.7. The maximum Gasteiger partial charge on any atom is 0.341 e. The Labute approximate surface area is 128 Å². The SMILES string of the molecule is COC(=O)c1cccnc1NCc1ccc(Cl)cc1.Cl. The molecule has 0 aliphatic carbocycles. The van der Waals surface area contributed by atoms with Gasteiger partial charge < -0.3 is 10.1 Å². The van der Waals surface area contributed by atoms with Gasteiger partial charge in [0.15, 0.2) is 0 Å². The minimum atomic E-state index is -0.410. The number of aromatic nitrogens is 1. The lowest BCUT2D eigenvalue weighted by molar-refractivity contribution is 0.0601. The van der Waals surface area contributed by atoms with Crippen molar-refractivity contribution in [2.75, 3.05) is 12.4 Å². The Bertz CT molecular complexity index is 574. The molecule has 106 valence electrons. The van der Waals surface area contributed by atoms with Gasteiger partial charge in [-0.2, -0.15) is 0 Å². The number of hydrogen-bond acceptors (Lipinski definition) is 4. The van der Waals surface area contributed by atoms with Crippen LogP contribution in [0.5, 0.6) is 0 Å². The van der Waals surface area contributed by atoms with Crippen molar-refractivity contribution in [3.8, 4) is 0 Å². The van der Waals surface area contributed by atoms with E-state index in [0.717, 1.165) is 5.56 Å². The van der Waals surface area contributed by atoms with Crippen molar-refractivity contribution in [3.05, 3.63) is 58.7 Å². The molecule has 2 rings (SSSR count). The van der Waals surface area contributed by atoms with E-state index in [-0.39, 0.29) is 12.4 Å². The van der Waals surface area contributed by atoms with Crippen LogP contribution in [-0.2, 0) is 11.3 Å². The summed E-state index contributed by atoms with van der Waals surface area (Å²) in [5, 5.41) is 3.80. The molecule has 0 fully saturated rings. The molecule has 0 spiro atoms. The van der Waals surface area contributed by atoms with Crippen molar-refractivity contribution in [2.45, 2.75) is 6.54 Å². The number of esters is 1. The van der Waals surface area contributed by atoms with Crippen LogP contribution in [0.1, 0.15) is 15.9 Å². The highest BCUT2D eigenvalue weighted by atomic mass is 35.5. The van der Waals surface area contributed by atoms with Gasteiger partial charge in [0, 0.05) is 17.8 Å². The highest BCUT2D eigenvalue weighted by molar-refractivity contribution is 6.30. The molecule has 0 bridgehead atoms. The molecule has 4 nitrogen and oxygen atoms in total. The molecule has 1 heterocycles. The summed E-state index contributed by atoms with van der Waals surface area (Å²) < 4.78 is 4.71. The number of carbonyl (C=O) groups is 1. The predicted molar refractivity (Wildman–Crippen MR) is 81.6 cm³/mol. The van der Waals surface area contributed by atoms with Crippen LogP contribution in [0, 0.1) is 0 Å². The van der Waals surface area contributed by atoms with E-state index in [2.05, 4.69) is 10.3 Å². The average Bonchev–Trinajstić information content (AvgIpc) is 2.46. The molecule has 0 atom stereocenters. The van der Waals surface area contributed by atoms with Gasteiger partial charge in [-0.1, -0.05) is 23.7 Å². The van der Waals surface area contributed by atoms with Gasteiger partial charge in [-0.3, -0.25) is 0 Å². The van der Waals surface area contributed by atoms with Gasteiger partial charge in [0.2, 0.25) is 0 Å². The second kappa shape index (κ2) is 7.72. The number of rotatable bonds is 4. The number of carbonyl (C=O) groups excluding carboxylic acids is 1. The summed E-state index contributed by atoms with van der Waals surface area (Å²) in [6, 6.07) is 10.8. The van der Waals surface area contributed by atoms with Gasteiger partial charge in [0.25, 0.3) is 0 Å². The fourth-order valence-electron chi connectivity index (χ4n) is 1.61. The van der Waals surface area contributed by atoms with Crippen molar-refractivity contribution in [2.24, 2.45) is 0 Å². The number of ether oxygens (including phenoxy) is 1. The van der Waals surface area contributed by atoms with Gasteiger partial charge in [-0.15, -0.1) is 12.4 Å². The Morgan fingerprint density at radius 1 is 1.30 bits per heavy atom. The molecular formula is C14H14Cl2N2O2. The molecule has 0 radical (unpaired) electrons. The van der Waals surface area contributed by atoms with E-state index in [1.54, 1.807) is 18.3 Å². The van der Waals surface area contributed by atoms with Crippen molar-refractivity contribution >= 4 is 35.8 Å². The van der Waals surface area contributed by atoms with Crippen LogP contribution in [0.15, 0.2) is 42.6 Å². The standard InChI is InChI=1S/C14H13ClN2O2.ClH/c1-19-14(18)12-3-2-8-16-13(12)17-9-10-4-6-11(15)7-5-10;/h2-8H,9H2,1H3,(H,16,17);1H. The first-order valence-electron chi connectivity index (χ1n) is 5.72. The molecule has 0 aliphatic rings. The third-order valence-corrected chi connectivity index (χ3v) is 2.84. The Balaban J connectivity index is 0.00000200. The maximum atomic E-state index is 11.6. The predicted octanol–water partition coefficient (Wildman–Crippen LogP) is 3.56. The van der Waals surface area contributed by atoms with Gasteiger partial charge in [0.1, 0.15) is 11.4 Å². The van der Waals surface area contributed by atoms with Crippen LogP contribution in [0.3, 0.4) is 0 Å². The van der Waals surface area contributed by atoms with E-state index in [1.165, 1.54) is 7.11 Å². The first kappa shape index (κ1) is 16.3.